The van der Waals surface area contributed by atoms with E-state index in [1.54, 1.807) is 24.3 Å². The molecule has 0 saturated heterocycles. The predicted molar refractivity (Wildman–Crippen MR) is 99.4 cm³/mol. The molecule has 0 aliphatic carbocycles. The Morgan fingerprint density at radius 3 is 2.48 bits per heavy atom. The largest absolute Gasteiger partial charge is 0.345 e. The van der Waals surface area contributed by atoms with Crippen LogP contribution in [0, 0.1) is 0 Å². The van der Waals surface area contributed by atoms with Crippen molar-refractivity contribution in [3.63, 3.8) is 0 Å². The summed E-state index contributed by atoms with van der Waals surface area (Å²) >= 11 is 0. The maximum atomic E-state index is 12.2. The molecule has 0 spiro atoms. The lowest BCUT2D eigenvalue weighted by Crippen LogP contribution is -2.32. The minimum Gasteiger partial charge on any atom is -0.345 e. The summed E-state index contributed by atoms with van der Waals surface area (Å²) in [5.74, 6) is -0.169. The Labute approximate surface area is 149 Å². The zero-order valence-corrected chi connectivity index (χ0v) is 15.0. The molecule has 1 N–H and O–H groups in total. The normalized spacial score (nSPS) is 10.6. The number of rotatable bonds is 7. The summed E-state index contributed by atoms with van der Waals surface area (Å²) in [6, 6.07) is 11.5. The SMILES string of the molecule is CC(C)c1ccccc1NC(=O)CC(=O)N(C)CCc1ccncc1. The summed E-state index contributed by atoms with van der Waals surface area (Å²) < 4.78 is 0. The quantitative estimate of drug-likeness (QED) is 0.788. The van der Waals surface area contributed by atoms with Crippen molar-refractivity contribution in [3.05, 3.63) is 59.9 Å². The highest BCUT2D eigenvalue weighted by molar-refractivity contribution is 6.03. The molecular formula is C20H25N3O2. The highest BCUT2D eigenvalue weighted by Gasteiger charge is 2.15. The summed E-state index contributed by atoms with van der Waals surface area (Å²) in [6.45, 7) is 4.71. The van der Waals surface area contributed by atoms with E-state index in [1.807, 2.05) is 36.4 Å². The summed E-state index contributed by atoms with van der Waals surface area (Å²) in [6.07, 6.45) is 4.05. The van der Waals surface area contributed by atoms with Gasteiger partial charge in [0, 0.05) is 31.7 Å². The van der Waals surface area contributed by atoms with Crippen molar-refractivity contribution in [1.29, 1.82) is 0 Å². The average molecular weight is 339 g/mol. The third-order valence-corrected chi connectivity index (χ3v) is 4.08. The average Bonchev–Trinajstić information content (AvgIpc) is 2.60. The summed E-state index contributed by atoms with van der Waals surface area (Å²) in [5.41, 5.74) is 2.95. The van der Waals surface area contributed by atoms with Gasteiger partial charge in [-0.15, -0.1) is 0 Å². The minimum atomic E-state index is -0.283. The molecule has 0 aliphatic rings. The van der Waals surface area contributed by atoms with E-state index in [1.165, 1.54) is 0 Å². The van der Waals surface area contributed by atoms with Crippen molar-refractivity contribution in [2.75, 3.05) is 18.9 Å². The lowest BCUT2D eigenvalue weighted by atomic mass is 10.0. The molecule has 1 aromatic carbocycles. The fourth-order valence-electron chi connectivity index (χ4n) is 2.55. The van der Waals surface area contributed by atoms with Gasteiger partial charge in [-0.1, -0.05) is 32.0 Å². The molecule has 25 heavy (non-hydrogen) atoms. The second-order valence-corrected chi connectivity index (χ2v) is 6.39. The number of anilines is 1. The van der Waals surface area contributed by atoms with Crippen molar-refractivity contribution < 1.29 is 9.59 Å². The molecule has 1 aromatic heterocycles. The first kappa shape index (κ1) is 18.6. The molecule has 132 valence electrons. The van der Waals surface area contributed by atoms with Gasteiger partial charge in [0.1, 0.15) is 6.42 Å². The molecule has 0 radical (unpaired) electrons. The molecule has 2 amide bonds. The number of carbonyl (C=O) groups excluding carboxylic acids is 2. The van der Waals surface area contributed by atoms with Crippen molar-refractivity contribution in [1.82, 2.24) is 9.88 Å². The molecule has 0 atom stereocenters. The molecular weight excluding hydrogens is 314 g/mol. The highest BCUT2D eigenvalue weighted by Crippen LogP contribution is 2.23. The van der Waals surface area contributed by atoms with Crippen molar-refractivity contribution in [2.24, 2.45) is 0 Å². The third kappa shape index (κ3) is 5.71. The number of aromatic nitrogens is 1. The summed E-state index contributed by atoms with van der Waals surface area (Å²) in [7, 11) is 1.72. The molecule has 0 unspecified atom stereocenters. The lowest BCUT2D eigenvalue weighted by Gasteiger charge is -2.18. The third-order valence-electron chi connectivity index (χ3n) is 4.08. The Kier molecular flexibility index (Phi) is 6.69. The molecule has 2 aromatic rings. The fraction of sp³-hybridized carbons (Fsp3) is 0.350. The second-order valence-electron chi connectivity index (χ2n) is 6.39. The van der Waals surface area contributed by atoms with Crippen molar-refractivity contribution in [3.8, 4) is 0 Å². The summed E-state index contributed by atoms with van der Waals surface area (Å²) in [4.78, 5) is 30.0. The van der Waals surface area contributed by atoms with Gasteiger partial charge in [0.15, 0.2) is 0 Å². The van der Waals surface area contributed by atoms with Gasteiger partial charge in [0.2, 0.25) is 11.8 Å². The van der Waals surface area contributed by atoms with Crippen LogP contribution in [0.1, 0.15) is 37.3 Å². The zero-order valence-electron chi connectivity index (χ0n) is 15.0. The number of nitrogens with one attached hydrogen (secondary N) is 1. The first-order chi connectivity index (χ1) is 12.0. The van der Waals surface area contributed by atoms with Crippen molar-refractivity contribution >= 4 is 17.5 Å². The Balaban J connectivity index is 1.86. The van der Waals surface area contributed by atoms with Crippen LogP contribution in [0.2, 0.25) is 0 Å². The minimum absolute atomic E-state index is 0.153. The topological polar surface area (TPSA) is 62.3 Å². The van der Waals surface area contributed by atoms with Crippen molar-refractivity contribution in [2.45, 2.75) is 32.6 Å². The van der Waals surface area contributed by atoms with Crippen LogP contribution in [0.4, 0.5) is 5.69 Å². The first-order valence-corrected chi connectivity index (χ1v) is 8.49. The Hall–Kier alpha value is -2.69. The van der Waals surface area contributed by atoms with Crippen LogP contribution in [0.5, 0.6) is 0 Å². The number of carbonyl (C=O) groups is 2. The highest BCUT2D eigenvalue weighted by atomic mass is 16.2. The van der Waals surface area contributed by atoms with Crippen LogP contribution < -0.4 is 5.32 Å². The molecule has 0 fully saturated rings. The van der Waals surface area contributed by atoms with Crippen LogP contribution in [0.15, 0.2) is 48.8 Å². The van der Waals surface area contributed by atoms with E-state index in [-0.39, 0.29) is 18.2 Å². The number of pyridine rings is 1. The second kappa shape index (κ2) is 8.97. The first-order valence-electron chi connectivity index (χ1n) is 8.49. The number of likely N-dealkylation sites (N-methyl/N-ethyl adjacent to an activating group) is 1. The molecule has 0 bridgehead atoms. The Morgan fingerprint density at radius 2 is 1.80 bits per heavy atom. The van der Waals surface area contributed by atoms with Gasteiger partial charge in [0.25, 0.3) is 0 Å². The van der Waals surface area contributed by atoms with E-state index in [0.717, 1.165) is 23.2 Å². The number of hydrogen-bond acceptors (Lipinski definition) is 3. The number of para-hydroxylation sites is 1. The van der Waals surface area contributed by atoms with Gasteiger partial charge >= 0.3 is 0 Å². The standard InChI is InChI=1S/C20H25N3O2/c1-15(2)17-6-4-5-7-18(17)22-19(24)14-20(25)23(3)13-10-16-8-11-21-12-9-16/h4-9,11-12,15H,10,13-14H2,1-3H3,(H,22,24). The maximum absolute atomic E-state index is 12.2. The summed E-state index contributed by atoms with van der Waals surface area (Å²) in [5, 5.41) is 2.86. The van der Waals surface area contributed by atoms with E-state index < -0.39 is 0 Å². The van der Waals surface area contributed by atoms with Crippen LogP contribution in [0.3, 0.4) is 0 Å². The Bertz CT molecular complexity index is 714. The van der Waals surface area contributed by atoms with Crippen LogP contribution in [0.25, 0.3) is 0 Å². The lowest BCUT2D eigenvalue weighted by molar-refractivity contribution is -0.133. The monoisotopic (exact) mass is 339 g/mol. The van der Waals surface area contributed by atoms with Gasteiger partial charge < -0.3 is 10.2 Å². The van der Waals surface area contributed by atoms with E-state index in [2.05, 4.69) is 24.1 Å². The Morgan fingerprint density at radius 1 is 1.12 bits per heavy atom. The van der Waals surface area contributed by atoms with E-state index in [9.17, 15) is 9.59 Å². The number of nitrogens with zero attached hydrogens (tertiary/aromatic N) is 2. The van der Waals surface area contributed by atoms with Gasteiger partial charge in [-0.25, -0.2) is 0 Å². The van der Waals surface area contributed by atoms with Crippen LogP contribution in [-0.4, -0.2) is 35.3 Å². The molecule has 1 heterocycles. The fourth-order valence-corrected chi connectivity index (χ4v) is 2.55. The number of hydrogen-bond donors (Lipinski definition) is 1. The smallest absolute Gasteiger partial charge is 0.233 e. The maximum Gasteiger partial charge on any atom is 0.233 e. The van der Waals surface area contributed by atoms with Gasteiger partial charge in [-0.2, -0.15) is 0 Å². The van der Waals surface area contributed by atoms with Gasteiger partial charge in [-0.05, 0) is 41.7 Å². The zero-order chi connectivity index (χ0) is 18.2. The van der Waals surface area contributed by atoms with Gasteiger partial charge in [-0.3, -0.25) is 14.6 Å². The molecule has 2 rings (SSSR count). The number of benzene rings is 1. The molecule has 5 nitrogen and oxygen atoms in total. The predicted octanol–water partition coefficient (Wildman–Crippen LogP) is 3.23. The van der Waals surface area contributed by atoms with Crippen LogP contribution >= 0.6 is 0 Å². The van der Waals surface area contributed by atoms with Crippen LogP contribution in [-0.2, 0) is 16.0 Å². The molecule has 0 saturated carbocycles. The van der Waals surface area contributed by atoms with E-state index >= 15 is 0 Å². The van der Waals surface area contributed by atoms with Gasteiger partial charge in [0.05, 0.1) is 0 Å². The van der Waals surface area contributed by atoms with E-state index in [4.69, 9.17) is 0 Å². The number of amides is 2. The molecule has 5 heteroatoms. The van der Waals surface area contributed by atoms with E-state index in [0.29, 0.717) is 12.5 Å². The molecule has 0 aliphatic heterocycles.